The van der Waals surface area contributed by atoms with E-state index in [0.717, 1.165) is 25.9 Å². The molecule has 0 radical (unpaired) electrons. The first kappa shape index (κ1) is 19.8. The lowest BCUT2D eigenvalue weighted by Crippen LogP contribution is -2.47. The van der Waals surface area contributed by atoms with Gasteiger partial charge < -0.3 is 20.3 Å². The number of ether oxygens (including phenoxy) is 1. The van der Waals surface area contributed by atoms with Crippen molar-refractivity contribution >= 4 is 34.0 Å². The Bertz CT molecular complexity index is 867. The van der Waals surface area contributed by atoms with Crippen LogP contribution in [-0.4, -0.2) is 53.5 Å². The van der Waals surface area contributed by atoms with E-state index in [-0.39, 0.29) is 23.7 Å². The molecule has 2 aromatic rings. The zero-order chi connectivity index (χ0) is 20.2. The van der Waals surface area contributed by atoms with Crippen LogP contribution in [0.4, 0.5) is 15.2 Å². The molecule has 0 spiro atoms. The van der Waals surface area contributed by atoms with Crippen molar-refractivity contribution in [3.63, 3.8) is 0 Å². The maximum absolute atomic E-state index is 13.0. The van der Waals surface area contributed by atoms with Crippen LogP contribution in [0, 0.1) is 5.82 Å². The molecule has 2 N–H and O–H groups in total. The summed E-state index contributed by atoms with van der Waals surface area (Å²) < 4.78 is 18.6. The van der Waals surface area contributed by atoms with Crippen molar-refractivity contribution in [1.29, 1.82) is 0 Å². The molecule has 4 rings (SSSR count). The Morgan fingerprint density at radius 3 is 2.83 bits per heavy atom. The molecule has 1 aromatic heterocycles. The average Bonchev–Trinajstić information content (AvgIpc) is 3.48. The highest BCUT2D eigenvalue weighted by Gasteiger charge is 2.35. The molecule has 0 bridgehead atoms. The quantitative estimate of drug-likeness (QED) is 0.754. The molecule has 1 aromatic carbocycles. The predicted octanol–water partition coefficient (Wildman–Crippen LogP) is 2.93. The van der Waals surface area contributed by atoms with E-state index < -0.39 is 6.04 Å². The van der Waals surface area contributed by atoms with E-state index >= 15 is 0 Å². The predicted molar refractivity (Wildman–Crippen MR) is 108 cm³/mol. The largest absolute Gasteiger partial charge is 0.376 e. The van der Waals surface area contributed by atoms with Crippen LogP contribution in [0.1, 0.15) is 36.2 Å². The monoisotopic (exact) mass is 418 g/mol. The molecule has 154 valence electrons. The molecular formula is C20H23FN4O3S. The van der Waals surface area contributed by atoms with Crippen molar-refractivity contribution in [2.45, 2.75) is 37.8 Å². The molecule has 9 heteroatoms. The molecule has 2 amide bonds. The van der Waals surface area contributed by atoms with E-state index in [1.54, 1.807) is 22.4 Å². The molecule has 2 fully saturated rings. The third kappa shape index (κ3) is 4.73. The maximum Gasteiger partial charge on any atom is 0.274 e. The van der Waals surface area contributed by atoms with Crippen LogP contribution in [0.25, 0.3) is 0 Å². The average molecular weight is 418 g/mol. The van der Waals surface area contributed by atoms with Crippen LogP contribution in [-0.2, 0) is 9.53 Å². The molecule has 0 saturated carbocycles. The molecule has 2 aliphatic rings. The zero-order valence-corrected chi connectivity index (χ0v) is 16.7. The number of benzene rings is 1. The van der Waals surface area contributed by atoms with Gasteiger partial charge in [0.25, 0.3) is 5.91 Å². The number of hydrogen-bond acceptors (Lipinski definition) is 6. The minimum Gasteiger partial charge on any atom is -0.376 e. The van der Waals surface area contributed by atoms with Crippen molar-refractivity contribution in [3.8, 4) is 0 Å². The first-order chi connectivity index (χ1) is 14.1. The Labute approximate surface area is 172 Å². The van der Waals surface area contributed by atoms with E-state index in [9.17, 15) is 14.0 Å². The topological polar surface area (TPSA) is 83.6 Å². The fraction of sp³-hybridized carbons (Fsp3) is 0.450. The SMILES string of the molecule is O=C(NC[C@H]1CCCO1)[C@H]1CCCN1C(=O)c1csc(Nc2ccc(F)cc2)n1. The number of nitrogens with zero attached hydrogens (tertiary/aromatic N) is 2. The van der Waals surface area contributed by atoms with Gasteiger partial charge in [0.15, 0.2) is 5.13 Å². The van der Waals surface area contributed by atoms with Gasteiger partial charge in [0, 0.05) is 30.8 Å². The van der Waals surface area contributed by atoms with E-state index in [0.29, 0.717) is 36.0 Å². The number of nitrogens with one attached hydrogen (secondary N) is 2. The number of amides is 2. The number of carbonyl (C=O) groups is 2. The van der Waals surface area contributed by atoms with Gasteiger partial charge in [-0.05, 0) is 49.9 Å². The number of hydrogen-bond donors (Lipinski definition) is 2. The van der Waals surface area contributed by atoms with Gasteiger partial charge in [-0.15, -0.1) is 11.3 Å². The lowest BCUT2D eigenvalue weighted by Gasteiger charge is -2.23. The maximum atomic E-state index is 13.0. The van der Waals surface area contributed by atoms with Gasteiger partial charge in [0.1, 0.15) is 17.6 Å². The summed E-state index contributed by atoms with van der Waals surface area (Å²) in [5.74, 6) is -0.696. The van der Waals surface area contributed by atoms with Gasteiger partial charge in [-0.2, -0.15) is 0 Å². The van der Waals surface area contributed by atoms with Crippen molar-refractivity contribution in [1.82, 2.24) is 15.2 Å². The second-order valence-corrected chi connectivity index (χ2v) is 8.06. The van der Waals surface area contributed by atoms with E-state index in [2.05, 4.69) is 15.6 Å². The molecule has 0 unspecified atom stereocenters. The molecule has 2 saturated heterocycles. The Morgan fingerprint density at radius 2 is 2.07 bits per heavy atom. The third-order valence-electron chi connectivity index (χ3n) is 5.16. The third-order valence-corrected chi connectivity index (χ3v) is 5.92. The van der Waals surface area contributed by atoms with Gasteiger partial charge in [0.2, 0.25) is 5.91 Å². The van der Waals surface area contributed by atoms with Gasteiger partial charge in [-0.25, -0.2) is 9.37 Å². The summed E-state index contributed by atoms with van der Waals surface area (Å²) in [6.07, 6.45) is 3.48. The number of anilines is 2. The second-order valence-electron chi connectivity index (χ2n) is 7.21. The Hall–Kier alpha value is -2.52. The summed E-state index contributed by atoms with van der Waals surface area (Å²) in [5.41, 5.74) is 0.991. The van der Waals surface area contributed by atoms with Crippen molar-refractivity contribution in [2.75, 3.05) is 25.0 Å². The standard InChI is InChI=1S/C20H23FN4O3S/c21-13-5-7-14(8-6-13)23-20-24-16(12-29-20)19(27)25-9-1-4-17(25)18(26)22-11-15-3-2-10-28-15/h5-8,12,15,17H,1-4,9-11H2,(H,22,26)(H,23,24)/t15-,17-/m1/s1. The van der Waals surface area contributed by atoms with Crippen molar-refractivity contribution in [2.24, 2.45) is 0 Å². The van der Waals surface area contributed by atoms with Crippen molar-refractivity contribution < 1.29 is 18.7 Å². The minimum absolute atomic E-state index is 0.0724. The Morgan fingerprint density at radius 1 is 1.24 bits per heavy atom. The number of carbonyl (C=O) groups excluding carboxylic acids is 2. The van der Waals surface area contributed by atoms with Crippen molar-refractivity contribution in [3.05, 3.63) is 41.2 Å². The number of rotatable bonds is 6. The lowest BCUT2D eigenvalue weighted by atomic mass is 10.2. The summed E-state index contributed by atoms with van der Waals surface area (Å²) in [4.78, 5) is 31.5. The summed E-state index contributed by atoms with van der Waals surface area (Å²) in [7, 11) is 0. The van der Waals surface area contributed by atoms with E-state index in [1.807, 2.05) is 0 Å². The first-order valence-corrected chi connectivity index (χ1v) is 10.7. The van der Waals surface area contributed by atoms with Crippen LogP contribution in [0.2, 0.25) is 0 Å². The molecule has 7 nitrogen and oxygen atoms in total. The fourth-order valence-electron chi connectivity index (χ4n) is 3.65. The highest BCUT2D eigenvalue weighted by atomic mass is 32.1. The Kier molecular flexibility index (Phi) is 6.05. The summed E-state index contributed by atoms with van der Waals surface area (Å²) in [6.45, 7) is 1.77. The molecule has 29 heavy (non-hydrogen) atoms. The van der Waals surface area contributed by atoms with Crippen LogP contribution in [0.15, 0.2) is 29.6 Å². The molecule has 2 atom stereocenters. The lowest BCUT2D eigenvalue weighted by molar-refractivity contribution is -0.125. The number of halogens is 1. The molecule has 0 aliphatic carbocycles. The summed E-state index contributed by atoms with van der Waals surface area (Å²) in [6, 6.07) is 5.44. The van der Waals surface area contributed by atoms with Crippen LogP contribution in [0.5, 0.6) is 0 Å². The Balaban J connectivity index is 1.37. The highest BCUT2D eigenvalue weighted by Crippen LogP contribution is 2.25. The van der Waals surface area contributed by atoms with Crippen LogP contribution in [0.3, 0.4) is 0 Å². The van der Waals surface area contributed by atoms with E-state index in [4.69, 9.17) is 4.74 Å². The van der Waals surface area contributed by atoms with Crippen LogP contribution < -0.4 is 10.6 Å². The normalized spacial score (nSPS) is 21.3. The van der Waals surface area contributed by atoms with Gasteiger partial charge in [-0.1, -0.05) is 0 Å². The smallest absolute Gasteiger partial charge is 0.274 e. The molecule has 2 aliphatic heterocycles. The number of thiazole rings is 1. The minimum atomic E-state index is -0.473. The van der Waals surface area contributed by atoms with Crippen LogP contribution >= 0.6 is 11.3 Å². The van der Waals surface area contributed by atoms with E-state index in [1.165, 1.54) is 23.5 Å². The number of aromatic nitrogens is 1. The van der Waals surface area contributed by atoms with Gasteiger partial charge in [-0.3, -0.25) is 9.59 Å². The highest BCUT2D eigenvalue weighted by molar-refractivity contribution is 7.14. The van der Waals surface area contributed by atoms with Gasteiger partial charge >= 0.3 is 0 Å². The second kappa shape index (κ2) is 8.87. The summed E-state index contributed by atoms with van der Waals surface area (Å²) in [5, 5.41) is 8.20. The molecular weight excluding hydrogens is 395 g/mol. The zero-order valence-electron chi connectivity index (χ0n) is 15.9. The number of likely N-dealkylation sites (tertiary alicyclic amines) is 1. The molecule has 3 heterocycles. The van der Waals surface area contributed by atoms with Gasteiger partial charge in [0.05, 0.1) is 6.10 Å². The summed E-state index contributed by atoms with van der Waals surface area (Å²) >= 11 is 1.29. The first-order valence-electron chi connectivity index (χ1n) is 9.78. The fourth-order valence-corrected chi connectivity index (χ4v) is 4.36.